The van der Waals surface area contributed by atoms with Crippen molar-refractivity contribution in [3.05, 3.63) is 64.7 Å². The zero-order valence-corrected chi connectivity index (χ0v) is 17.0. The Balaban J connectivity index is 1.57. The molecule has 0 atom stereocenters. The number of H-pyrrole nitrogens is 1. The fraction of sp³-hybridized carbons (Fsp3) is 0.273. The second kappa shape index (κ2) is 9.69. The van der Waals surface area contributed by atoms with E-state index in [0.717, 1.165) is 0 Å². The summed E-state index contributed by atoms with van der Waals surface area (Å²) in [6.45, 7) is 3.73. The number of benzene rings is 2. The van der Waals surface area contributed by atoms with Crippen LogP contribution in [0, 0.1) is 0 Å². The van der Waals surface area contributed by atoms with Crippen molar-refractivity contribution in [2.75, 3.05) is 10.6 Å². The fourth-order valence-corrected chi connectivity index (χ4v) is 3.00. The van der Waals surface area contributed by atoms with Crippen LogP contribution in [0.4, 0.5) is 16.2 Å². The Labute approximate surface area is 174 Å². The average molecular weight is 407 g/mol. The standard InChI is InChI=1S/C22H25N5O3/c1-14(2)23-22(30)26-18-11-6-5-10-17(18)25-20(28)13-7-12-19-24-16-9-4-3-8-15(16)21(29)27-19/h3-6,8-11,14H,7,12-13H2,1-2H3,(H,25,28)(H2,23,26,30)(H,24,27,29). The van der Waals surface area contributed by atoms with Gasteiger partial charge in [-0.25, -0.2) is 9.78 Å². The first-order valence-electron chi connectivity index (χ1n) is 9.86. The molecule has 1 aromatic heterocycles. The second-order valence-corrected chi connectivity index (χ2v) is 7.23. The highest BCUT2D eigenvalue weighted by atomic mass is 16.2. The molecule has 0 unspecified atom stereocenters. The van der Waals surface area contributed by atoms with Gasteiger partial charge in [-0.15, -0.1) is 0 Å². The number of aryl methyl sites for hydroxylation is 1. The van der Waals surface area contributed by atoms with Crippen molar-refractivity contribution in [3.8, 4) is 0 Å². The van der Waals surface area contributed by atoms with Crippen LogP contribution in [0.1, 0.15) is 32.5 Å². The predicted octanol–water partition coefficient (Wildman–Crippen LogP) is 3.41. The van der Waals surface area contributed by atoms with Crippen LogP contribution >= 0.6 is 0 Å². The molecule has 3 amide bonds. The Morgan fingerprint density at radius 2 is 1.67 bits per heavy atom. The first-order chi connectivity index (χ1) is 14.4. The summed E-state index contributed by atoms with van der Waals surface area (Å²) in [5, 5.41) is 8.85. The second-order valence-electron chi connectivity index (χ2n) is 7.23. The van der Waals surface area contributed by atoms with Crippen LogP contribution in [0.15, 0.2) is 53.3 Å². The van der Waals surface area contributed by atoms with Gasteiger partial charge in [0.2, 0.25) is 5.91 Å². The molecular weight excluding hydrogens is 382 g/mol. The summed E-state index contributed by atoms with van der Waals surface area (Å²) in [7, 11) is 0. The lowest BCUT2D eigenvalue weighted by Crippen LogP contribution is -2.34. The minimum Gasteiger partial charge on any atom is -0.336 e. The highest BCUT2D eigenvalue weighted by Gasteiger charge is 2.10. The van der Waals surface area contributed by atoms with Crippen LogP contribution in [-0.2, 0) is 11.2 Å². The maximum Gasteiger partial charge on any atom is 0.319 e. The minimum absolute atomic E-state index is 0.00177. The summed E-state index contributed by atoms with van der Waals surface area (Å²) < 4.78 is 0. The van der Waals surface area contributed by atoms with Gasteiger partial charge in [0, 0.05) is 18.9 Å². The highest BCUT2D eigenvalue weighted by molar-refractivity contribution is 5.99. The van der Waals surface area contributed by atoms with Crippen LogP contribution in [0.3, 0.4) is 0 Å². The molecule has 0 fully saturated rings. The van der Waals surface area contributed by atoms with Gasteiger partial charge >= 0.3 is 6.03 Å². The fourth-order valence-electron chi connectivity index (χ4n) is 3.00. The number of carbonyl (C=O) groups excluding carboxylic acids is 2. The molecule has 0 radical (unpaired) electrons. The molecule has 0 aliphatic heterocycles. The summed E-state index contributed by atoms with van der Waals surface area (Å²) in [5.41, 5.74) is 1.50. The van der Waals surface area contributed by atoms with Crippen molar-refractivity contribution >= 4 is 34.2 Å². The summed E-state index contributed by atoms with van der Waals surface area (Å²) in [6.07, 6.45) is 1.25. The Hall–Kier alpha value is -3.68. The number of amides is 3. The lowest BCUT2D eigenvalue weighted by molar-refractivity contribution is -0.116. The number of urea groups is 1. The van der Waals surface area contributed by atoms with Crippen LogP contribution in [0.5, 0.6) is 0 Å². The normalized spacial score (nSPS) is 10.8. The van der Waals surface area contributed by atoms with Crippen molar-refractivity contribution in [2.24, 2.45) is 0 Å². The zero-order valence-electron chi connectivity index (χ0n) is 17.0. The van der Waals surface area contributed by atoms with Gasteiger partial charge in [-0.3, -0.25) is 9.59 Å². The number of rotatable bonds is 7. The molecule has 2 aromatic carbocycles. The molecule has 3 aromatic rings. The molecule has 1 heterocycles. The minimum atomic E-state index is -0.335. The Kier molecular flexibility index (Phi) is 6.79. The highest BCUT2D eigenvalue weighted by Crippen LogP contribution is 2.21. The van der Waals surface area contributed by atoms with E-state index in [2.05, 4.69) is 25.9 Å². The molecule has 30 heavy (non-hydrogen) atoms. The van der Waals surface area contributed by atoms with Crippen molar-refractivity contribution in [2.45, 2.75) is 39.2 Å². The first-order valence-corrected chi connectivity index (χ1v) is 9.86. The molecule has 4 N–H and O–H groups in total. The number of fused-ring (bicyclic) bond motifs is 1. The van der Waals surface area contributed by atoms with Gasteiger partial charge in [-0.1, -0.05) is 24.3 Å². The SMILES string of the molecule is CC(C)NC(=O)Nc1ccccc1NC(=O)CCCc1nc2ccccc2c(=O)[nH]1. The van der Waals surface area contributed by atoms with E-state index in [1.165, 1.54) is 0 Å². The van der Waals surface area contributed by atoms with Crippen molar-refractivity contribution in [3.63, 3.8) is 0 Å². The van der Waals surface area contributed by atoms with E-state index < -0.39 is 0 Å². The zero-order chi connectivity index (χ0) is 21.5. The predicted molar refractivity (Wildman–Crippen MR) is 118 cm³/mol. The molecule has 3 rings (SSSR count). The molecule has 8 nitrogen and oxygen atoms in total. The molecule has 0 bridgehead atoms. The van der Waals surface area contributed by atoms with E-state index in [1.807, 2.05) is 19.9 Å². The van der Waals surface area contributed by atoms with Gasteiger partial charge in [-0.2, -0.15) is 0 Å². The van der Waals surface area contributed by atoms with Gasteiger partial charge in [0.25, 0.3) is 5.56 Å². The van der Waals surface area contributed by atoms with Crippen LogP contribution < -0.4 is 21.5 Å². The number of hydrogen-bond donors (Lipinski definition) is 4. The summed E-state index contributed by atoms with van der Waals surface area (Å²) in [4.78, 5) is 43.6. The maximum absolute atomic E-state index is 12.4. The third-order valence-corrected chi connectivity index (χ3v) is 4.35. The van der Waals surface area contributed by atoms with Crippen LogP contribution in [0.2, 0.25) is 0 Å². The van der Waals surface area contributed by atoms with Crippen molar-refractivity contribution < 1.29 is 9.59 Å². The van der Waals surface area contributed by atoms with E-state index in [9.17, 15) is 14.4 Å². The number of hydrogen-bond acceptors (Lipinski definition) is 4. The molecule has 0 aliphatic rings. The van der Waals surface area contributed by atoms with Crippen LogP contribution in [-0.4, -0.2) is 27.9 Å². The molecule has 0 saturated carbocycles. The number of aromatic amines is 1. The van der Waals surface area contributed by atoms with Gasteiger partial charge in [-0.05, 0) is 44.5 Å². The van der Waals surface area contributed by atoms with Gasteiger partial charge in [0.05, 0.1) is 22.3 Å². The topological polar surface area (TPSA) is 116 Å². The molecular formula is C22H25N5O3. The van der Waals surface area contributed by atoms with E-state index >= 15 is 0 Å². The number of anilines is 2. The summed E-state index contributed by atoms with van der Waals surface area (Å²) >= 11 is 0. The molecule has 0 saturated heterocycles. The molecule has 8 heteroatoms. The van der Waals surface area contributed by atoms with Gasteiger partial charge in [0.1, 0.15) is 5.82 Å². The number of aromatic nitrogens is 2. The molecule has 0 aliphatic carbocycles. The average Bonchev–Trinajstić information content (AvgIpc) is 2.69. The smallest absolute Gasteiger partial charge is 0.319 e. The third kappa shape index (κ3) is 5.66. The van der Waals surface area contributed by atoms with E-state index in [0.29, 0.717) is 40.9 Å². The largest absolute Gasteiger partial charge is 0.336 e. The number of nitrogens with one attached hydrogen (secondary N) is 4. The van der Waals surface area contributed by atoms with Crippen LogP contribution in [0.25, 0.3) is 10.9 Å². The van der Waals surface area contributed by atoms with E-state index in [4.69, 9.17) is 0 Å². The maximum atomic E-state index is 12.4. The molecule has 156 valence electrons. The summed E-state index contributed by atoms with van der Waals surface area (Å²) in [5.74, 6) is 0.371. The number of para-hydroxylation sites is 3. The third-order valence-electron chi connectivity index (χ3n) is 4.35. The van der Waals surface area contributed by atoms with E-state index in [1.54, 1.807) is 42.5 Å². The Bertz CT molecular complexity index is 1110. The van der Waals surface area contributed by atoms with Crippen molar-refractivity contribution in [1.82, 2.24) is 15.3 Å². The van der Waals surface area contributed by atoms with Gasteiger partial charge in [0.15, 0.2) is 0 Å². The Morgan fingerprint density at radius 3 is 2.40 bits per heavy atom. The monoisotopic (exact) mass is 407 g/mol. The molecule has 0 spiro atoms. The van der Waals surface area contributed by atoms with Gasteiger partial charge < -0.3 is 20.9 Å². The number of carbonyl (C=O) groups is 2. The van der Waals surface area contributed by atoms with Crippen molar-refractivity contribution in [1.29, 1.82) is 0 Å². The summed E-state index contributed by atoms with van der Waals surface area (Å²) in [6, 6.07) is 13.8. The lowest BCUT2D eigenvalue weighted by atomic mass is 10.2. The van der Waals surface area contributed by atoms with E-state index in [-0.39, 0.29) is 30.0 Å². The Morgan fingerprint density at radius 1 is 1.00 bits per heavy atom. The lowest BCUT2D eigenvalue weighted by Gasteiger charge is -2.14. The first kappa shape index (κ1) is 21.0. The number of nitrogens with zero attached hydrogens (tertiary/aromatic N) is 1. The quantitative estimate of drug-likeness (QED) is 0.480.